The molecule has 2 aromatic rings. The molecule has 0 spiro atoms. The van der Waals surface area contributed by atoms with Gasteiger partial charge in [-0.25, -0.2) is 4.79 Å². The number of carbonyl (C=O) groups is 1. The molecule has 2 rings (SSSR count). The lowest BCUT2D eigenvalue weighted by Crippen LogP contribution is -2.02. The number of hydrogen-bond acceptors (Lipinski definition) is 4. The topological polar surface area (TPSA) is 52.1 Å². The summed E-state index contributed by atoms with van der Waals surface area (Å²) in [5.74, 6) is -0.393. The number of carbonyl (C=O) groups excluding carboxylic acids is 1. The van der Waals surface area contributed by atoms with Gasteiger partial charge in [-0.05, 0) is 6.07 Å². The van der Waals surface area contributed by atoms with Crippen molar-refractivity contribution >= 4 is 16.7 Å². The van der Waals surface area contributed by atoms with E-state index >= 15 is 0 Å². The Bertz CT molecular complexity index is 477. The first kappa shape index (κ1) is 8.62. The summed E-state index contributed by atoms with van der Waals surface area (Å²) in [6.45, 7) is 0. The number of ether oxygens (including phenoxy) is 1. The number of pyridine rings is 2. The van der Waals surface area contributed by atoms with Gasteiger partial charge < -0.3 is 4.74 Å². The van der Waals surface area contributed by atoms with Crippen LogP contribution in [0.4, 0.5) is 0 Å². The molecule has 0 aliphatic rings. The zero-order valence-corrected chi connectivity index (χ0v) is 7.60. The van der Waals surface area contributed by atoms with Crippen molar-refractivity contribution in [3.63, 3.8) is 0 Å². The van der Waals surface area contributed by atoms with Gasteiger partial charge in [0.05, 0.1) is 12.7 Å². The summed E-state index contributed by atoms with van der Waals surface area (Å²) >= 11 is 0. The van der Waals surface area contributed by atoms with Crippen molar-refractivity contribution in [3.05, 3.63) is 36.4 Å². The third-order valence-electron chi connectivity index (χ3n) is 1.97. The van der Waals surface area contributed by atoms with Gasteiger partial charge in [0, 0.05) is 35.6 Å². The molecule has 0 unspecified atom stereocenters. The molecule has 2 heterocycles. The molecular formula is C10H8N2O2. The minimum Gasteiger partial charge on any atom is -0.465 e. The standard InChI is InChI=1S/C10H8N2O2/c1-14-10(13)9-6-12-4-7-2-3-11-5-8(7)9/h2-6H,1H3. The molecular weight excluding hydrogens is 180 g/mol. The summed E-state index contributed by atoms with van der Waals surface area (Å²) in [4.78, 5) is 19.2. The minimum atomic E-state index is -0.393. The van der Waals surface area contributed by atoms with E-state index in [-0.39, 0.29) is 0 Å². The molecule has 0 saturated heterocycles. The molecule has 0 radical (unpaired) electrons. The van der Waals surface area contributed by atoms with Crippen molar-refractivity contribution in [2.45, 2.75) is 0 Å². The first-order valence-corrected chi connectivity index (χ1v) is 4.09. The van der Waals surface area contributed by atoms with E-state index in [2.05, 4.69) is 14.7 Å². The molecule has 4 heteroatoms. The molecule has 14 heavy (non-hydrogen) atoms. The van der Waals surface area contributed by atoms with Crippen molar-refractivity contribution in [2.75, 3.05) is 7.11 Å². The maximum atomic E-state index is 11.3. The number of hydrogen-bond donors (Lipinski definition) is 0. The largest absolute Gasteiger partial charge is 0.465 e. The molecule has 0 aliphatic carbocycles. The number of fused-ring (bicyclic) bond motifs is 1. The van der Waals surface area contributed by atoms with Gasteiger partial charge in [0.15, 0.2) is 0 Å². The fraction of sp³-hybridized carbons (Fsp3) is 0.100. The van der Waals surface area contributed by atoms with Crippen LogP contribution >= 0.6 is 0 Å². The highest BCUT2D eigenvalue weighted by Crippen LogP contribution is 2.16. The average Bonchev–Trinajstić information content (AvgIpc) is 2.27. The first-order chi connectivity index (χ1) is 6.83. The molecule has 0 atom stereocenters. The summed E-state index contributed by atoms with van der Waals surface area (Å²) in [6, 6.07) is 1.80. The van der Waals surface area contributed by atoms with Crippen LogP contribution in [0, 0.1) is 0 Å². The van der Waals surface area contributed by atoms with E-state index in [0.29, 0.717) is 5.56 Å². The Hall–Kier alpha value is -1.97. The Morgan fingerprint density at radius 1 is 1.29 bits per heavy atom. The highest BCUT2D eigenvalue weighted by atomic mass is 16.5. The van der Waals surface area contributed by atoms with Crippen LogP contribution in [0.1, 0.15) is 10.4 Å². The van der Waals surface area contributed by atoms with Crippen LogP contribution < -0.4 is 0 Å². The molecule has 70 valence electrons. The zero-order chi connectivity index (χ0) is 9.97. The van der Waals surface area contributed by atoms with E-state index in [1.807, 2.05) is 0 Å². The molecule has 4 nitrogen and oxygen atoms in total. The number of rotatable bonds is 1. The number of esters is 1. The second-order valence-corrected chi connectivity index (χ2v) is 2.78. The predicted molar refractivity (Wildman–Crippen MR) is 50.9 cm³/mol. The van der Waals surface area contributed by atoms with Crippen molar-refractivity contribution in [1.82, 2.24) is 9.97 Å². The normalized spacial score (nSPS) is 10.1. The van der Waals surface area contributed by atoms with Gasteiger partial charge >= 0.3 is 5.97 Å². The maximum Gasteiger partial charge on any atom is 0.340 e. The molecule has 0 saturated carbocycles. The summed E-state index contributed by atoms with van der Waals surface area (Å²) in [5.41, 5.74) is 0.443. The van der Waals surface area contributed by atoms with Gasteiger partial charge in [-0.15, -0.1) is 0 Å². The summed E-state index contributed by atoms with van der Waals surface area (Å²) in [7, 11) is 1.34. The van der Waals surface area contributed by atoms with Crippen LogP contribution in [0.5, 0.6) is 0 Å². The van der Waals surface area contributed by atoms with E-state index in [9.17, 15) is 4.79 Å². The van der Waals surface area contributed by atoms with Gasteiger partial charge in [-0.1, -0.05) is 0 Å². The monoisotopic (exact) mass is 188 g/mol. The van der Waals surface area contributed by atoms with Crippen LogP contribution in [0.25, 0.3) is 10.8 Å². The van der Waals surface area contributed by atoms with Crippen LogP contribution in [-0.2, 0) is 4.74 Å². The van der Waals surface area contributed by atoms with Gasteiger partial charge in [-0.2, -0.15) is 0 Å². The lowest BCUT2D eigenvalue weighted by Gasteiger charge is -2.02. The second-order valence-electron chi connectivity index (χ2n) is 2.78. The fourth-order valence-electron chi connectivity index (χ4n) is 1.28. The number of aromatic nitrogens is 2. The Morgan fingerprint density at radius 2 is 2.14 bits per heavy atom. The average molecular weight is 188 g/mol. The van der Waals surface area contributed by atoms with Crippen molar-refractivity contribution in [1.29, 1.82) is 0 Å². The zero-order valence-electron chi connectivity index (χ0n) is 7.60. The van der Waals surface area contributed by atoms with E-state index in [0.717, 1.165) is 10.8 Å². The van der Waals surface area contributed by atoms with Gasteiger partial charge in [0.1, 0.15) is 0 Å². The summed E-state index contributed by atoms with van der Waals surface area (Å²) in [6.07, 6.45) is 6.45. The summed E-state index contributed by atoms with van der Waals surface area (Å²) in [5, 5.41) is 1.64. The van der Waals surface area contributed by atoms with E-state index in [1.165, 1.54) is 13.3 Å². The Morgan fingerprint density at radius 3 is 2.93 bits per heavy atom. The van der Waals surface area contributed by atoms with Crippen molar-refractivity contribution < 1.29 is 9.53 Å². The molecule has 0 N–H and O–H groups in total. The molecule has 0 aliphatic heterocycles. The van der Waals surface area contributed by atoms with Crippen molar-refractivity contribution in [2.24, 2.45) is 0 Å². The van der Waals surface area contributed by atoms with Crippen LogP contribution in [0.3, 0.4) is 0 Å². The van der Waals surface area contributed by atoms with E-state index in [1.54, 1.807) is 24.7 Å². The van der Waals surface area contributed by atoms with Crippen LogP contribution in [0.2, 0.25) is 0 Å². The van der Waals surface area contributed by atoms with Crippen LogP contribution in [-0.4, -0.2) is 23.0 Å². The van der Waals surface area contributed by atoms with Gasteiger partial charge in [-0.3, -0.25) is 9.97 Å². The third kappa shape index (κ3) is 1.31. The lowest BCUT2D eigenvalue weighted by atomic mass is 10.1. The Balaban J connectivity index is 2.71. The van der Waals surface area contributed by atoms with Crippen molar-refractivity contribution in [3.8, 4) is 0 Å². The molecule has 0 aromatic carbocycles. The first-order valence-electron chi connectivity index (χ1n) is 4.09. The fourth-order valence-corrected chi connectivity index (χ4v) is 1.28. The quantitative estimate of drug-likeness (QED) is 0.635. The number of nitrogens with zero attached hydrogens (tertiary/aromatic N) is 2. The van der Waals surface area contributed by atoms with Gasteiger partial charge in [0.2, 0.25) is 0 Å². The summed E-state index contributed by atoms with van der Waals surface area (Å²) < 4.78 is 4.64. The van der Waals surface area contributed by atoms with E-state index in [4.69, 9.17) is 0 Å². The lowest BCUT2D eigenvalue weighted by molar-refractivity contribution is 0.0602. The van der Waals surface area contributed by atoms with Crippen LogP contribution in [0.15, 0.2) is 30.9 Å². The van der Waals surface area contributed by atoms with Gasteiger partial charge in [0.25, 0.3) is 0 Å². The minimum absolute atomic E-state index is 0.393. The number of methoxy groups -OCH3 is 1. The molecule has 2 aromatic heterocycles. The highest BCUT2D eigenvalue weighted by molar-refractivity contribution is 6.03. The smallest absolute Gasteiger partial charge is 0.340 e. The maximum absolute atomic E-state index is 11.3. The predicted octanol–water partition coefficient (Wildman–Crippen LogP) is 1.42. The molecule has 0 bridgehead atoms. The van der Waals surface area contributed by atoms with E-state index < -0.39 is 5.97 Å². The molecule has 0 fully saturated rings. The second kappa shape index (κ2) is 3.41. The Labute approximate surface area is 80.6 Å². The molecule has 0 amide bonds. The Kier molecular flexibility index (Phi) is 2.10. The highest BCUT2D eigenvalue weighted by Gasteiger charge is 2.09. The SMILES string of the molecule is COC(=O)c1cncc2ccncc12. The third-order valence-corrected chi connectivity index (χ3v) is 1.97.